The van der Waals surface area contributed by atoms with Crippen LogP contribution in [-0.2, 0) is 0 Å². The van der Waals surface area contributed by atoms with Crippen molar-refractivity contribution in [1.82, 2.24) is 4.98 Å². The van der Waals surface area contributed by atoms with Crippen LogP contribution in [-0.4, -0.2) is 11.6 Å². The molecule has 1 fully saturated rings. The topological polar surface area (TPSA) is 22.1 Å². The van der Waals surface area contributed by atoms with Gasteiger partial charge in [0, 0.05) is 5.38 Å². The molecule has 1 aromatic rings. The maximum absolute atomic E-state index is 5.63. The lowest BCUT2D eigenvalue weighted by Crippen LogP contribution is -1.97. The number of aromatic nitrogens is 1. The van der Waals surface area contributed by atoms with E-state index in [4.69, 9.17) is 16.3 Å². The van der Waals surface area contributed by atoms with E-state index in [9.17, 15) is 0 Å². The normalized spacial score (nSPS) is 16.4. The van der Waals surface area contributed by atoms with Gasteiger partial charge in [0.15, 0.2) is 0 Å². The first kappa shape index (κ1) is 8.32. The van der Waals surface area contributed by atoms with Gasteiger partial charge in [-0.3, -0.25) is 0 Å². The van der Waals surface area contributed by atoms with E-state index >= 15 is 0 Å². The zero-order valence-corrected chi connectivity index (χ0v) is 8.20. The second kappa shape index (κ2) is 3.62. The molecule has 0 spiro atoms. The van der Waals surface area contributed by atoms with Crippen molar-refractivity contribution in [2.45, 2.75) is 19.3 Å². The minimum Gasteiger partial charge on any atom is -0.470 e. The molecule has 1 saturated carbocycles. The average Bonchev–Trinajstić information content (AvgIpc) is 2.76. The van der Waals surface area contributed by atoms with Gasteiger partial charge in [-0.05, 0) is 12.3 Å². The highest BCUT2D eigenvalue weighted by Crippen LogP contribution is 2.32. The van der Waals surface area contributed by atoms with E-state index in [1.54, 1.807) is 5.38 Å². The number of halogens is 1. The monoisotopic (exact) mass is 203 g/mol. The summed E-state index contributed by atoms with van der Waals surface area (Å²) >= 11 is 7.09. The molecule has 1 aromatic heterocycles. The maximum atomic E-state index is 5.63. The largest absolute Gasteiger partial charge is 0.470 e. The van der Waals surface area contributed by atoms with Crippen molar-refractivity contribution in [2.75, 3.05) is 6.61 Å². The molecule has 0 unspecified atom stereocenters. The SMILES string of the molecule is Clc1csc(OCCC2CC2)n1. The van der Waals surface area contributed by atoms with Crippen LogP contribution in [0.4, 0.5) is 0 Å². The van der Waals surface area contributed by atoms with Crippen molar-refractivity contribution < 1.29 is 4.74 Å². The summed E-state index contributed by atoms with van der Waals surface area (Å²) in [6.07, 6.45) is 3.92. The molecule has 4 heteroatoms. The second-order valence-electron chi connectivity index (χ2n) is 3.02. The summed E-state index contributed by atoms with van der Waals surface area (Å²) in [6, 6.07) is 0. The van der Waals surface area contributed by atoms with Gasteiger partial charge in [0.05, 0.1) is 6.61 Å². The van der Waals surface area contributed by atoms with Crippen LogP contribution >= 0.6 is 22.9 Å². The quantitative estimate of drug-likeness (QED) is 0.751. The molecule has 0 saturated heterocycles. The number of thiazole rings is 1. The summed E-state index contributed by atoms with van der Waals surface area (Å²) in [4.78, 5) is 3.99. The van der Waals surface area contributed by atoms with Gasteiger partial charge in [-0.1, -0.05) is 35.8 Å². The van der Waals surface area contributed by atoms with Crippen LogP contribution in [0.25, 0.3) is 0 Å². The first-order chi connectivity index (χ1) is 5.84. The van der Waals surface area contributed by atoms with Crippen molar-refractivity contribution in [3.8, 4) is 5.19 Å². The molecule has 1 heterocycles. The number of hydrogen-bond acceptors (Lipinski definition) is 3. The van der Waals surface area contributed by atoms with Gasteiger partial charge < -0.3 is 4.74 Å². The van der Waals surface area contributed by atoms with Crippen molar-refractivity contribution in [3.05, 3.63) is 10.5 Å². The third kappa shape index (κ3) is 2.35. The number of ether oxygens (including phenoxy) is 1. The summed E-state index contributed by atoms with van der Waals surface area (Å²) in [7, 11) is 0. The summed E-state index contributed by atoms with van der Waals surface area (Å²) < 4.78 is 5.40. The zero-order chi connectivity index (χ0) is 8.39. The Kier molecular flexibility index (Phi) is 2.51. The number of nitrogens with zero attached hydrogens (tertiary/aromatic N) is 1. The van der Waals surface area contributed by atoms with E-state index in [1.165, 1.54) is 24.2 Å². The van der Waals surface area contributed by atoms with E-state index in [2.05, 4.69) is 4.98 Å². The Labute approximate surface area is 80.5 Å². The van der Waals surface area contributed by atoms with Gasteiger partial charge in [0.25, 0.3) is 5.19 Å². The fraction of sp³-hybridized carbons (Fsp3) is 0.625. The summed E-state index contributed by atoms with van der Waals surface area (Å²) in [5.41, 5.74) is 0. The molecule has 1 aliphatic carbocycles. The maximum Gasteiger partial charge on any atom is 0.274 e. The smallest absolute Gasteiger partial charge is 0.274 e. The Bertz CT molecular complexity index is 259. The van der Waals surface area contributed by atoms with Crippen LogP contribution in [0.5, 0.6) is 5.19 Å². The van der Waals surface area contributed by atoms with Gasteiger partial charge in [-0.25, -0.2) is 0 Å². The third-order valence-corrected chi connectivity index (χ3v) is 2.98. The van der Waals surface area contributed by atoms with Crippen molar-refractivity contribution in [2.24, 2.45) is 5.92 Å². The predicted molar refractivity (Wildman–Crippen MR) is 50.0 cm³/mol. The Morgan fingerprint density at radius 3 is 3.08 bits per heavy atom. The van der Waals surface area contributed by atoms with Gasteiger partial charge in [-0.15, -0.1) is 0 Å². The van der Waals surface area contributed by atoms with Crippen LogP contribution in [0.3, 0.4) is 0 Å². The van der Waals surface area contributed by atoms with Crippen LogP contribution in [0, 0.1) is 5.92 Å². The predicted octanol–water partition coefficient (Wildman–Crippen LogP) is 2.98. The van der Waals surface area contributed by atoms with E-state index in [1.807, 2.05) is 0 Å². The van der Waals surface area contributed by atoms with Crippen LogP contribution in [0.1, 0.15) is 19.3 Å². The second-order valence-corrected chi connectivity index (χ2v) is 4.22. The molecule has 0 aromatic carbocycles. The van der Waals surface area contributed by atoms with Crippen LogP contribution < -0.4 is 4.74 Å². The lowest BCUT2D eigenvalue weighted by atomic mass is 10.3. The number of rotatable bonds is 4. The molecule has 0 atom stereocenters. The molecule has 12 heavy (non-hydrogen) atoms. The van der Waals surface area contributed by atoms with Crippen molar-refractivity contribution >= 4 is 22.9 Å². The van der Waals surface area contributed by atoms with E-state index < -0.39 is 0 Å². The van der Waals surface area contributed by atoms with Gasteiger partial charge in [0.1, 0.15) is 5.15 Å². The summed E-state index contributed by atoms with van der Waals surface area (Å²) in [5.74, 6) is 0.917. The molecule has 0 N–H and O–H groups in total. The Hall–Kier alpha value is -0.280. The highest BCUT2D eigenvalue weighted by molar-refractivity contribution is 7.11. The fourth-order valence-corrected chi connectivity index (χ4v) is 1.84. The Morgan fingerprint density at radius 2 is 2.50 bits per heavy atom. The molecule has 66 valence electrons. The van der Waals surface area contributed by atoms with E-state index in [0.29, 0.717) is 10.3 Å². The molecular weight excluding hydrogens is 194 g/mol. The third-order valence-electron chi connectivity index (χ3n) is 1.90. The number of hydrogen-bond donors (Lipinski definition) is 0. The Morgan fingerprint density at radius 1 is 1.67 bits per heavy atom. The molecular formula is C8H10ClNOS. The van der Waals surface area contributed by atoms with Crippen molar-refractivity contribution in [3.63, 3.8) is 0 Å². The lowest BCUT2D eigenvalue weighted by Gasteiger charge is -1.99. The molecule has 0 radical (unpaired) electrons. The average molecular weight is 204 g/mol. The standard InChI is InChI=1S/C8H10ClNOS/c9-7-5-12-8(10-7)11-4-3-6-1-2-6/h5-6H,1-4H2. The lowest BCUT2D eigenvalue weighted by molar-refractivity contribution is 0.301. The molecule has 2 nitrogen and oxygen atoms in total. The van der Waals surface area contributed by atoms with E-state index in [0.717, 1.165) is 18.9 Å². The first-order valence-electron chi connectivity index (χ1n) is 4.08. The Balaban J connectivity index is 1.71. The minimum absolute atomic E-state index is 0.529. The fourth-order valence-electron chi connectivity index (χ4n) is 1.02. The summed E-state index contributed by atoms with van der Waals surface area (Å²) in [6.45, 7) is 0.786. The first-order valence-corrected chi connectivity index (χ1v) is 5.34. The highest BCUT2D eigenvalue weighted by Gasteiger charge is 2.20. The summed E-state index contributed by atoms with van der Waals surface area (Å²) in [5, 5.41) is 3.01. The van der Waals surface area contributed by atoms with Gasteiger partial charge in [-0.2, -0.15) is 4.98 Å². The highest BCUT2D eigenvalue weighted by atomic mass is 35.5. The molecule has 2 rings (SSSR count). The van der Waals surface area contributed by atoms with Gasteiger partial charge in [0.2, 0.25) is 0 Å². The molecule has 0 aliphatic heterocycles. The van der Waals surface area contributed by atoms with Crippen LogP contribution in [0.15, 0.2) is 5.38 Å². The molecule has 0 amide bonds. The van der Waals surface area contributed by atoms with Gasteiger partial charge >= 0.3 is 0 Å². The van der Waals surface area contributed by atoms with Crippen molar-refractivity contribution in [1.29, 1.82) is 0 Å². The van der Waals surface area contributed by atoms with Crippen LogP contribution in [0.2, 0.25) is 5.15 Å². The van der Waals surface area contributed by atoms with E-state index in [-0.39, 0.29) is 0 Å². The molecule has 0 bridgehead atoms. The minimum atomic E-state index is 0.529. The zero-order valence-electron chi connectivity index (χ0n) is 6.62. The molecule has 1 aliphatic rings.